The molecule has 0 radical (unpaired) electrons. The lowest BCUT2D eigenvalue weighted by Gasteiger charge is -2.26. The lowest BCUT2D eigenvalue weighted by molar-refractivity contribution is -0.125. The molecule has 1 aliphatic rings. The Balaban J connectivity index is 2.56. The average molecular weight is 275 g/mol. The number of hydrogen-bond donors (Lipinski definition) is 0. The van der Waals surface area contributed by atoms with Crippen LogP contribution in [0.5, 0.6) is 5.75 Å². The third-order valence-electron chi connectivity index (χ3n) is 4.18. The van der Waals surface area contributed by atoms with Gasteiger partial charge in [-0.25, -0.2) is 0 Å². The summed E-state index contributed by atoms with van der Waals surface area (Å²) in [5.74, 6) is 0.736. The number of methoxy groups -OCH3 is 1. The predicted octanol–water partition coefficient (Wildman–Crippen LogP) is 2.69. The first kappa shape index (κ1) is 14.6. The van der Waals surface area contributed by atoms with Crippen LogP contribution < -0.4 is 9.64 Å². The summed E-state index contributed by atoms with van der Waals surface area (Å²) < 4.78 is 5.27. The largest absolute Gasteiger partial charge is 0.497 e. The Morgan fingerprint density at radius 3 is 2.75 bits per heavy atom. The molecule has 0 aromatic heterocycles. The molecule has 1 heterocycles. The molecule has 1 atom stereocenters. The van der Waals surface area contributed by atoms with Crippen molar-refractivity contribution in [2.45, 2.75) is 38.0 Å². The second-order valence-electron chi connectivity index (χ2n) is 5.30. The molecule has 0 aliphatic carbocycles. The molecular formula is C16H21NO3. The number of nitrogens with zero attached hydrogens (tertiary/aromatic N) is 1. The summed E-state index contributed by atoms with van der Waals surface area (Å²) in [6, 6.07) is 5.64. The molecule has 0 spiro atoms. The number of amides is 1. The maximum Gasteiger partial charge on any atom is 0.237 e. The molecule has 1 amide bonds. The van der Waals surface area contributed by atoms with Crippen LogP contribution in [-0.4, -0.2) is 26.4 Å². The number of hydrogen-bond acceptors (Lipinski definition) is 3. The molecule has 0 saturated heterocycles. The zero-order chi connectivity index (χ0) is 14.8. The molecule has 4 nitrogen and oxygen atoms in total. The van der Waals surface area contributed by atoms with Crippen molar-refractivity contribution in [2.24, 2.45) is 0 Å². The van der Waals surface area contributed by atoms with Crippen molar-refractivity contribution >= 4 is 17.9 Å². The number of likely N-dealkylation sites (N-methyl/N-ethyl adjacent to an activating group) is 1. The van der Waals surface area contributed by atoms with Gasteiger partial charge in [0, 0.05) is 19.2 Å². The van der Waals surface area contributed by atoms with Crippen molar-refractivity contribution in [3.05, 3.63) is 23.8 Å². The average Bonchev–Trinajstić information content (AvgIpc) is 2.68. The molecule has 0 saturated carbocycles. The minimum Gasteiger partial charge on any atom is -0.497 e. The number of carbonyl (C=O) groups is 2. The molecular weight excluding hydrogens is 254 g/mol. The first-order valence-electron chi connectivity index (χ1n) is 7.01. The van der Waals surface area contributed by atoms with Crippen LogP contribution in [0.1, 0.15) is 38.2 Å². The topological polar surface area (TPSA) is 46.6 Å². The van der Waals surface area contributed by atoms with Crippen LogP contribution in [0.4, 0.5) is 5.69 Å². The molecule has 2 rings (SSSR count). The standard InChI is InChI=1S/C16H21NO3/c1-4-5-8-16(9-10-18)13-11-12(20-3)6-7-14(13)17(2)15(16)19/h6-7,10-11H,4-5,8-9H2,1-3H3. The van der Waals surface area contributed by atoms with Gasteiger partial charge in [0.2, 0.25) is 5.91 Å². The molecule has 1 aliphatic heterocycles. The number of unbranched alkanes of at least 4 members (excludes halogenated alkanes) is 1. The fourth-order valence-corrected chi connectivity index (χ4v) is 3.03. The van der Waals surface area contributed by atoms with E-state index in [4.69, 9.17) is 4.74 Å². The van der Waals surface area contributed by atoms with E-state index < -0.39 is 5.41 Å². The third kappa shape index (κ3) is 2.09. The van der Waals surface area contributed by atoms with Crippen molar-refractivity contribution in [1.82, 2.24) is 0 Å². The molecule has 0 N–H and O–H groups in total. The van der Waals surface area contributed by atoms with Crippen LogP contribution in [0, 0.1) is 0 Å². The molecule has 20 heavy (non-hydrogen) atoms. The van der Waals surface area contributed by atoms with Crippen molar-refractivity contribution < 1.29 is 14.3 Å². The number of fused-ring (bicyclic) bond motifs is 1. The SMILES string of the molecule is CCCCC1(CC=O)C(=O)N(C)c2ccc(OC)cc21. The number of carbonyl (C=O) groups excluding carboxylic acids is 2. The molecule has 1 aromatic rings. The van der Waals surface area contributed by atoms with E-state index in [9.17, 15) is 9.59 Å². The minimum absolute atomic E-state index is 0.0151. The molecule has 1 aromatic carbocycles. The Hall–Kier alpha value is -1.84. The zero-order valence-corrected chi connectivity index (χ0v) is 12.3. The lowest BCUT2D eigenvalue weighted by Crippen LogP contribution is -2.39. The maximum absolute atomic E-state index is 12.7. The smallest absolute Gasteiger partial charge is 0.237 e. The van der Waals surface area contributed by atoms with Crippen molar-refractivity contribution in [1.29, 1.82) is 0 Å². The Morgan fingerprint density at radius 1 is 1.40 bits per heavy atom. The number of rotatable bonds is 6. The molecule has 108 valence electrons. The Morgan fingerprint density at radius 2 is 2.15 bits per heavy atom. The van der Waals surface area contributed by atoms with Gasteiger partial charge in [-0.3, -0.25) is 4.79 Å². The first-order valence-corrected chi connectivity index (χ1v) is 7.01. The quantitative estimate of drug-likeness (QED) is 0.750. The highest BCUT2D eigenvalue weighted by atomic mass is 16.5. The van der Waals surface area contributed by atoms with Crippen LogP contribution in [0.15, 0.2) is 18.2 Å². The van der Waals surface area contributed by atoms with E-state index in [1.165, 1.54) is 0 Å². The highest BCUT2D eigenvalue weighted by Gasteiger charge is 2.48. The highest BCUT2D eigenvalue weighted by Crippen LogP contribution is 2.47. The number of anilines is 1. The third-order valence-corrected chi connectivity index (χ3v) is 4.18. The Kier molecular flexibility index (Phi) is 4.12. The van der Waals surface area contributed by atoms with Gasteiger partial charge in [0.05, 0.1) is 12.5 Å². The Labute approximate surface area is 119 Å². The van der Waals surface area contributed by atoms with Gasteiger partial charge in [-0.2, -0.15) is 0 Å². The highest BCUT2D eigenvalue weighted by molar-refractivity contribution is 6.09. The van der Waals surface area contributed by atoms with Gasteiger partial charge >= 0.3 is 0 Å². The molecule has 1 unspecified atom stereocenters. The second-order valence-corrected chi connectivity index (χ2v) is 5.30. The maximum atomic E-state index is 12.7. The number of aldehydes is 1. The van der Waals surface area contributed by atoms with E-state index in [2.05, 4.69) is 6.92 Å². The summed E-state index contributed by atoms with van der Waals surface area (Å²) in [6.45, 7) is 2.09. The van der Waals surface area contributed by atoms with E-state index in [0.29, 0.717) is 6.42 Å². The fourth-order valence-electron chi connectivity index (χ4n) is 3.03. The van der Waals surface area contributed by atoms with E-state index in [-0.39, 0.29) is 12.3 Å². The van der Waals surface area contributed by atoms with Crippen LogP contribution in [0.3, 0.4) is 0 Å². The van der Waals surface area contributed by atoms with Gasteiger partial charge < -0.3 is 14.4 Å². The first-order chi connectivity index (χ1) is 9.60. The van der Waals surface area contributed by atoms with Crippen molar-refractivity contribution in [3.8, 4) is 5.75 Å². The molecule has 0 bridgehead atoms. The number of ether oxygens (including phenoxy) is 1. The summed E-state index contributed by atoms with van der Waals surface area (Å²) in [7, 11) is 3.38. The fraction of sp³-hybridized carbons (Fsp3) is 0.500. The summed E-state index contributed by atoms with van der Waals surface area (Å²) in [5, 5.41) is 0. The summed E-state index contributed by atoms with van der Waals surface area (Å²) in [6.07, 6.45) is 3.71. The van der Waals surface area contributed by atoms with Gasteiger partial charge in [0.1, 0.15) is 12.0 Å². The lowest BCUT2D eigenvalue weighted by atomic mass is 9.75. The molecule has 4 heteroatoms. The van der Waals surface area contributed by atoms with Crippen LogP contribution in [0.25, 0.3) is 0 Å². The van der Waals surface area contributed by atoms with Crippen LogP contribution in [-0.2, 0) is 15.0 Å². The zero-order valence-electron chi connectivity index (χ0n) is 12.3. The van der Waals surface area contributed by atoms with Gasteiger partial charge in [-0.05, 0) is 30.2 Å². The number of benzene rings is 1. The van der Waals surface area contributed by atoms with E-state index in [1.807, 2.05) is 18.2 Å². The van der Waals surface area contributed by atoms with E-state index in [0.717, 1.165) is 36.1 Å². The van der Waals surface area contributed by atoms with Crippen molar-refractivity contribution in [3.63, 3.8) is 0 Å². The summed E-state index contributed by atoms with van der Waals surface area (Å²) >= 11 is 0. The van der Waals surface area contributed by atoms with Gasteiger partial charge in [0.15, 0.2) is 0 Å². The van der Waals surface area contributed by atoms with Gasteiger partial charge in [-0.15, -0.1) is 0 Å². The van der Waals surface area contributed by atoms with Gasteiger partial charge in [0.25, 0.3) is 0 Å². The summed E-state index contributed by atoms with van der Waals surface area (Å²) in [4.78, 5) is 25.5. The Bertz CT molecular complexity index is 526. The van der Waals surface area contributed by atoms with Crippen LogP contribution >= 0.6 is 0 Å². The van der Waals surface area contributed by atoms with E-state index in [1.54, 1.807) is 19.1 Å². The minimum atomic E-state index is -0.712. The monoisotopic (exact) mass is 275 g/mol. The second kappa shape index (κ2) is 5.65. The van der Waals surface area contributed by atoms with Crippen LogP contribution in [0.2, 0.25) is 0 Å². The van der Waals surface area contributed by atoms with E-state index >= 15 is 0 Å². The normalized spacial score (nSPS) is 20.9. The van der Waals surface area contributed by atoms with Crippen molar-refractivity contribution in [2.75, 3.05) is 19.1 Å². The summed E-state index contributed by atoms with van der Waals surface area (Å²) in [5.41, 5.74) is 1.09. The predicted molar refractivity (Wildman–Crippen MR) is 78.3 cm³/mol. The molecule has 0 fully saturated rings. The van der Waals surface area contributed by atoms with Gasteiger partial charge in [-0.1, -0.05) is 19.8 Å².